The molecule has 0 aliphatic carbocycles. The van der Waals surface area contributed by atoms with Crippen LogP contribution in [0.3, 0.4) is 0 Å². The molecule has 2 heteroatoms. The summed E-state index contributed by atoms with van der Waals surface area (Å²) in [6, 6.07) is 11.8. The van der Waals surface area contributed by atoms with Crippen LogP contribution in [-0.2, 0) is 0 Å². The summed E-state index contributed by atoms with van der Waals surface area (Å²) in [6.07, 6.45) is -0.657. The van der Waals surface area contributed by atoms with Gasteiger partial charge in [-0.15, -0.1) is 0 Å². The first kappa shape index (κ1) is 13.6. The van der Waals surface area contributed by atoms with E-state index < -0.39 is 6.10 Å². The van der Waals surface area contributed by atoms with E-state index in [0.717, 1.165) is 16.7 Å². The Morgan fingerprint density at radius 3 is 2.21 bits per heavy atom. The SMILES string of the molecule is COc1ccccc1C(O)c1cc(C)c(C)cc1C. The van der Waals surface area contributed by atoms with Gasteiger partial charge >= 0.3 is 0 Å². The number of hydrogen-bond donors (Lipinski definition) is 1. The Kier molecular flexibility index (Phi) is 3.91. The van der Waals surface area contributed by atoms with E-state index in [1.165, 1.54) is 11.1 Å². The molecule has 0 aliphatic rings. The molecule has 0 spiro atoms. The molecule has 2 nitrogen and oxygen atoms in total. The molecule has 100 valence electrons. The van der Waals surface area contributed by atoms with Gasteiger partial charge in [0.25, 0.3) is 0 Å². The summed E-state index contributed by atoms with van der Waals surface area (Å²) in [5.74, 6) is 0.715. The fourth-order valence-corrected chi connectivity index (χ4v) is 2.34. The monoisotopic (exact) mass is 256 g/mol. The van der Waals surface area contributed by atoms with Crippen molar-refractivity contribution in [2.45, 2.75) is 26.9 Å². The minimum Gasteiger partial charge on any atom is -0.496 e. The van der Waals surface area contributed by atoms with E-state index in [1.807, 2.05) is 31.2 Å². The van der Waals surface area contributed by atoms with E-state index in [1.54, 1.807) is 7.11 Å². The Hall–Kier alpha value is -1.80. The maximum Gasteiger partial charge on any atom is 0.125 e. The third-order valence-electron chi connectivity index (χ3n) is 3.61. The highest BCUT2D eigenvalue weighted by molar-refractivity contribution is 5.45. The van der Waals surface area contributed by atoms with Gasteiger partial charge in [0.05, 0.1) is 7.11 Å². The van der Waals surface area contributed by atoms with Crippen LogP contribution in [0.5, 0.6) is 5.75 Å². The molecule has 0 saturated carbocycles. The summed E-state index contributed by atoms with van der Waals surface area (Å²) >= 11 is 0. The van der Waals surface area contributed by atoms with Crippen molar-refractivity contribution in [3.8, 4) is 5.75 Å². The molecular formula is C17H20O2. The summed E-state index contributed by atoms with van der Waals surface area (Å²) in [4.78, 5) is 0. The predicted molar refractivity (Wildman–Crippen MR) is 77.7 cm³/mol. The lowest BCUT2D eigenvalue weighted by atomic mass is 9.93. The number of aliphatic hydroxyl groups is 1. The zero-order chi connectivity index (χ0) is 14.0. The molecule has 0 amide bonds. The van der Waals surface area contributed by atoms with Crippen LogP contribution in [0.1, 0.15) is 33.9 Å². The van der Waals surface area contributed by atoms with Gasteiger partial charge in [0.2, 0.25) is 0 Å². The molecule has 0 radical (unpaired) electrons. The topological polar surface area (TPSA) is 29.5 Å². The fourth-order valence-electron chi connectivity index (χ4n) is 2.34. The molecule has 2 rings (SSSR count). The van der Waals surface area contributed by atoms with E-state index in [2.05, 4.69) is 26.0 Å². The standard InChI is InChI=1S/C17H20O2/c1-11-9-13(3)15(10-12(11)2)17(18)14-7-5-6-8-16(14)19-4/h5-10,17-18H,1-4H3. The molecule has 0 fully saturated rings. The lowest BCUT2D eigenvalue weighted by Gasteiger charge is -2.18. The van der Waals surface area contributed by atoms with Crippen LogP contribution in [0.15, 0.2) is 36.4 Å². The van der Waals surface area contributed by atoms with Crippen LogP contribution < -0.4 is 4.74 Å². The zero-order valence-corrected chi connectivity index (χ0v) is 11.9. The number of ether oxygens (including phenoxy) is 1. The number of methoxy groups -OCH3 is 1. The third-order valence-corrected chi connectivity index (χ3v) is 3.61. The maximum absolute atomic E-state index is 10.6. The van der Waals surface area contributed by atoms with Gasteiger partial charge in [-0.3, -0.25) is 0 Å². The normalized spacial score (nSPS) is 12.3. The van der Waals surface area contributed by atoms with Crippen molar-refractivity contribution in [1.29, 1.82) is 0 Å². The number of para-hydroxylation sites is 1. The fraction of sp³-hybridized carbons (Fsp3) is 0.294. The van der Waals surface area contributed by atoms with Crippen molar-refractivity contribution in [3.05, 3.63) is 64.2 Å². The van der Waals surface area contributed by atoms with Gasteiger partial charge < -0.3 is 9.84 Å². The lowest BCUT2D eigenvalue weighted by molar-refractivity contribution is 0.214. The van der Waals surface area contributed by atoms with Crippen LogP contribution in [0.2, 0.25) is 0 Å². The van der Waals surface area contributed by atoms with Crippen LogP contribution in [0.25, 0.3) is 0 Å². The number of rotatable bonds is 3. The van der Waals surface area contributed by atoms with Gasteiger partial charge in [-0.1, -0.05) is 30.3 Å². The summed E-state index contributed by atoms with van der Waals surface area (Å²) in [5.41, 5.74) is 5.27. The molecule has 19 heavy (non-hydrogen) atoms. The van der Waals surface area contributed by atoms with Gasteiger partial charge in [0.15, 0.2) is 0 Å². The average Bonchev–Trinajstić information content (AvgIpc) is 2.42. The Labute approximate surface area is 114 Å². The quantitative estimate of drug-likeness (QED) is 0.907. The summed E-state index contributed by atoms with van der Waals surface area (Å²) < 4.78 is 5.32. The van der Waals surface area contributed by atoms with E-state index in [0.29, 0.717) is 5.75 Å². The molecule has 0 aromatic heterocycles. The highest BCUT2D eigenvalue weighted by Gasteiger charge is 2.17. The van der Waals surface area contributed by atoms with Gasteiger partial charge in [-0.05, 0) is 49.1 Å². The Balaban J connectivity index is 2.50. The smallest absolute Gasteiger partial charge is 0.125 e. The second-order valence-electron chi connectivity index (χ2n) is 4.94. The van der Waals surface area contributed by atoms with Crippen molar-refractivity contribution in [1.82, 2.24) is 0 Å². The molecule has 2 aromatic carbocycles. The van der Waals surface area contributed by atoms with Crippen LogP contribution in [0, 0.1) is 20.8 Å². The number of hydrogen-bond acceptors (Lipinski definition) is 2. The van der Waals surface area contributed by atoms with Crippen molar-refractivity contribution < 1.29 is 9.84 Å². The van der Waals surface area contributed by atoms with Crippen LogP contribution in [0.4, 0.5) is 0 Å². The second-order valence-corrected chi connectivity index (χ2v) is 4.94. The molecule has 0 heterocycles. The Morgan fingerprint density at radius 1 is 0.895 bits per heavy atom. The van der Waals surface area contributed by atoms with E-state index in [-0.39, 0.29) is 0 Å². The summed E-state index contributed by atoms with van der Waals surface area (Å²) in [6.45, 7) is 6.18. The van der Waals surface area contributed by atoms with Crippen molar-refractivity contribution in [2.24, 2.45) is 0 Å². The third kappa shape index (κ3) is 2.64. The first-order valence-corrected chi connectivity index (χ1v) is 6.43. The Morgan fingerprint density at radius 2 is 1.53 bits per heavy atom. The molecule has 1 atom stereocenters. The molecule has 2 aromatic rings. The minimum atomic E-state index is -0.657. The summed E-state index contributed by atoms with van der Waals surface area (Å²) in [7, 11) is 1.62. The maximum atomic E-state index is 10.6. The molecule has 1 unspecified atom stereocenters. The van der Waals surface area contributed by atoms with Crippen molar-refractivity contribution in [3.63, 3.8) is 0 Å². The second kappa shape index (κ2) is 5.45. The highest BCUT2D eigenvalue weighted by atomic mass is 16.5. The first-order valence-electron chi connectivity index (χ1n) is 6.43. The summed E-state index contributed by atoms with van der Waals surface area (Å²) in [5, 5.41) is 10.6. The van der Waals surface area contributed by atoms with E-state index >= 15 is 0 Å². The van der Waals surface area contributed by atoms with Gasteiger partial charge in [0.1, 0.15) is 11.9 Å². The van der Waals surface area contributed by atoms with Crippen LogP contribution >= 0.6 is 0 Å². The predicted octanol–water partition coefficient (Wildman–Crippen LogP) is 3.70. The number of aliphatic hydroxyl groups excluding tert-OH is 1. The lowest BCUT2D eigenvalue weighted by Crippen LogP contribution is -2.05. The van der Waals surface area contributed by atoms with E-state index in [4.69, 9.17) is 4.74 Å². The minimum absolute atomic E-state index is 0.657. The highest BCUT2D eigenvalue weighted by Crippen LogP contribution is 2.32. The molecular weight excluding hydrogens is 236 g/mol. The van der Waals surface area contributed by atoms with Crippen molar-refractivity contribution in [2.75, 3.05) is 7.11 Å². The average molecular weight is 256 g/mol. The number of benzene rings is 2. The van der Waals surface area contributed by atoms with E-state index in [9.17, 15) is 5.11 Å². The molecule has 1 N–H and O–H groups in total. The van der Waals surface area contributed by atoms with Gasteiger partial charge in [-0.25, -0.2) is 0 Å². The van der Waals surface area contributed by atoms with Gasteiger partial charge in [0, 0.05) is 5.56 Å². The van der Waals surface area contributed by atoms with Gasteiger partial charge in [-0.2, -0.15) is 0 Å². The molecule has 0 aliphatic heterocycles. The first-order chi connectivity index (χ1) is 9.04. The Bertz CT molecular complexity index is 588. The zero-order valence-electron chi connectivity index (χ0n) is 11.9. The number of aryl methyl sites for hydroxylation is 3. The van der Waals surface area contributed by atoms with Crippen molar-refractivity contribution >= 4 is 0 Å². The molecule has 0 saturated heterocycles. The van der Waals surface area contributed by atoms with Crippen LogP contribution in [-0.4, -0.2) is 12.2 Å². The largest absolute Gasteiger partial charge is 0.496 e. The molecule has 0 bridgehead atoms.